The van der Waals surface area contributed by atoms with Crippen LogP contribution in [-0.2, 0) is 11.3 Å². The van der Waals surface area contributed by atoms with Crippen LogP contribution in [0, 0.1) is 0 Å². The van der Waals surface area contributed by atoms with Gasteiger partial charge in [-0.3, -0.25) is 0 Å². The number of benzene rings is 1. The van der Waals surface area contributed by atoms with Crippen molar-refractivity contribution in [2.75, 3.05) is 47.2 Å². The molecule has 1 aliphatic rings. The largest absolute Gasteiger partial charge is 0.454 e. The van der Waals surface area contributed by atoms with Crippen LogP contribution in [0.4, 0.5) is 0 Å². The van der Waals surface area contributed by atoms with Crippen LogP contribution in [0.1, 0.15) is 5.56 Å². The first kappa shape index (κ1) is 15.6. The standard InChI is InChI=1S/C14H21BrN2O3/c1-17(2)4-6-18-5-3-16-9-11-7-12(15)14-13(8-11)19-10-20-14/h7-8,16H,3-6,9-10H2,1-2H3. The fraction of sp³-hybridized carbons (Fsp3) is 0.571. The molecule has 6 heteroatoms. The fourth-order valence-electron chi connectivity index (χ4n) is 1.85. The summed E-state index contributed by atoms with van der Waals surface area (Å²) in [5, 5.41) is 3.35. The first-order chi connectivity index (χ1) is 9.66. The molecule has 0 spiro atoms. The Labute approximate surface area is 128 Å². The van der Waals surface area contributed by atoms with Crippen molar-refractivity contribution in [3.63, 3.8) is 0 Å². The average molecular weight is 345 g/mol. The zero-order chi connectivity index (χ0) is 14.4. The van der Waals surface area contributed by atoms with Crippen molar-refractivity contribution in [2.45, 2.75) is 6.54 Å². The number of halogens is 1. The molecule has 0 atom stereocenters. The molecule has 1 aromatic carbocycles. The monoisotopic (exact) mass is 344 g/mol. The lowest BCUT2D eigenvalue weighted by molar-refractivity contribution is 0.119. The molecule has 20 heavy (non-hydrogen) atoms. The van der Waals surface area contributed by atoms with Gasteiger partial charge >= 0.3 is 0 Å². The molecule has 0 amide bonds. The predicted octanol–water partition coefficient (Wildman–Crippen LogP) is 1.85. The topological polar surface area (TPSA) is 43.0 Å². The first-order valence-electron chi connectivity index (χ1n) is 6.68. The summed E-state index contributed by atoms with van der Waals surface area (Å²) in [5.74, 6) is 1.60. The number of hydrogen-bond acceptors (Lipinski definition) is 5. The molecule has 5 nitrogen and oxygen atoms in total. The van der Waals surface area contributed by atoms with Gasteiger partial charge in [0, 0.05) is 19.6 Å². The maximum absolute atomic E-state index is 5.52. The van der Waals surface area contributed by atoms with Crippen LogP contribution in [0.3, 0.4) is 0 Å². The van der Waals surface area contributed by atoms with Gasteiger partial charge in [0.2, 0.25) is 6.79 Å². The highest BCUT2D eigenvalue weighted by Crippen LogP contribution is 2.39. The Kier molecular flexibility index (Phi) is 6.09. The molecule has 2 rings (SSSR count). The van der Waals surface area contributed by atoms with Crippen molar-refractivity contribution >= 4 is 15.9 Å². The van der Waals surface area contributed by atoms with Crippen LogP contribution in [0.2, 0.25) is 0 Å². The van der Waals surface area contributed by atoms with Gasteiger partial charge in [-0.2, -0.15) is 0 Å². The Morgan fingerprint density at radius 2 is 2.15 bits per heavy atom. The Hall–Kier alpha value is -0.820. The molecule has 0 bridgehead atoms. The third-order valence-electron chi connectivity index (χ3n) is 2.92. The maximum atomic E-state index is 5.52. The molecule has 0 saturated heterocycles. The van der Waals surface area contributed by atoms with Crippen LogP contribution >= 0.6 is 15.9 Å². The summed E-state index contributed by atoms with van der Waals surface area (Å²) in [6, 6.07) is 4.06. The second-order valence-electron chi connectivity index (χ2n) is 4.90. The second kappa shape index (κ2) is 7.83. The van der Waals surface area contributed by atoms with E-state index in [9.17, 15) is 0 Å². The minimum Gasteiger partial charge on any atom is -0.454 e. The molecule has 1 aliphatic heterocycles. The lowest BCUT2D eigenvalue weighted by atomic mass is 10.2. The van der Waals surface area contributed by atoms with Gasteiger partial charge in [-0.15, -0.1) is 0 Å². The molecule has 0 fully saturated rings. The second-order valence-corrected chi connectivity index (χ2v) is 5.76. The van der Waals surface area contributed by atoms with Gasteiger partial charge < -0.3 is 24.4 Å². The minimum atomic E-state index is 0.296. The predicted molar refractivity (Wildman–Crippen MR) is 81.3 cm³/mol. The molecule has 0 radical (unpaired) electrons. The van der Waals surface area contributed by atoms with Crippen LogP contribution in [0.5, 0.6) is 11.5 Å². The molecule has 112 valence electrons. The van der Waals surface area contributed by atoms with Gasteiger partial charge in [0.1, 0.15) is 0 Å². The van der Waals surface area contributed by atoms with E-state index in [1.807, 2.05) is 26.2 Å². The molecule has 1 N–H and O–H groups in total. The van der Waals surface area contributed by atoms with Gasteiger partial charge in [0.05, 0.1) is 17.7 Å². The van der Waals surface area contributed by atoms with Gasteiger partial charge in [-0.1, -0.05) is 0 Å². The van der Waals surface area contributed by atoms with Gasteiger partial charge in [0.15, 0.2) is 11.5 Å². The van der Waals surface area contributed by atoms with E-state index in [0.717, 1.165) is 54.4 Å². The van der Waals surface area contributed by atoms with Crippen molar-refractivity contribution < 1.29 is 14.2 Å². The third-order valence-corrected chi connectivity index (χ3v) is 3.51. The molecular weight excluding hydrogens is 324 g/mol. The summed E-state index contributed by atoms with van der Waals surface area (Å²) in [6.07, 6.45) is 0. The minimum absolute atomic E-state index is 0.296. The quantitative estimate of drug-likeness (QED) is 0.729. The highest BCUT2D eigenvalue weighted by atomic mass is 79.9. The van der Waals surface area contributed by atoms with E-state index in [1.165, 1.54) is 0 Å². The summed E-state index contributed by atoms with van der Waals surface area (Å²) < 4.78 is 17.2. The lowest BCUT2D eigenvalue weighted by Crippen LogP contribution is -2.23. The van der Waals surface area contributed by atoms with E-state index in [4.69, 9.17) is 14.2 Å². The molecule has 1 aromatic rings. The SMILES string of the molecule is CN(C)CCOCCNCc1cc(Br)c2c(c1)OCO2. The van der Waals surface area contributed by atoms with Crippen molar-refractivity contribution in [3.8, 4) is 11.5 Å². The van der Waals surface area contributed by atoms with Crippen molar-refractivity contribution in [2.24, 2.45) is 0 Å². The lowest BCUT2D eigenvalue weighted by Gasteiger charge is -2.10. The van der Waals surface area contributed by atoms with E-state index in [-0.39, 0.29) is 0 Å². The van der Waals surface area contributed by atoms with Crippen LogP contribution in [0.15, 0.2) is 16.6 Å². The van der Waals surface area contributed by atoms with E-state index in [1.54, 1.807) is 0 Å². The number of ether oxygens (including phenoxy) is 3. The Morgan fingerprint density at radius 3 is 2.95 bits per heavy atom. The number of fused-ring (bicyclic) bond motifs is 1. The first-order valence-corrected chi connectivity index (χ1v) is 7.47. The summed E-state index contributed by atoms with van der Waals surface area (Å²) in [7, 11) is 4.08. The van der Waals surface area contributed by atoms with Crippen molar-refractivity contribution in [1.82, 2.24) is 10.2 Å². The van der Waals surface area contributed by atoms with Crippen LogP contribution in [-0.4, -0.2) is 52.1 Å². The van der Waals surface area contributed by atoms with Crippen molar-refractivity contribution in [3.05, 3.63) is 22.2 Å². The molecule has 0 aliphatic carbocycles. The van der Waals surface area contributed by atoms with E-state index < -0.39 is 0 Å². The number of rotatable bonds is 8. The summed E-state index contributed by atoms with van der Waals surface area (Å²) in [4.78, 5) is 2.11. The zero-order valence-corrected chi connectivity index (χ0v) is 13.5. The Bertz CT molecular complexity index is 441. The molecule has 1 heterocycles. The fourth-order valence-corrected chi connectivity index (χ4v) is 2.45. The van der Waals surface area contributed by atoms with E-state index in [2.05, 4.69) is 26.1 Å². The average Bonchev–Trinajstić information content (AvgIpc) is 2.86. The van der Waals surface area contributed by atoms with Gasteiger partial charge in [-0.25, -0.2) is 0 Å². The van der Waals surface area contributed by atoms with Crippen LogP contribution < -0.4 is 14.8 Å². The summed E-state index contributed by atoms with van der Waals surface area (Å²) >= 11 is 3.49. The number of hydrogen-bond donors (Lipinski definition) is 1. The van der Waals surface area contributed by atoms with E-state index in [0.29, 0.717) is 6.79 Å². The molecule has 0 saturated carbocycles. The summed E-state index contributed by atoms with van der Waals surface area (Å²) in [6.45, 7) is 4.36. The highest BCUT2D eigenvalue weighted by Gasteiger charge is 2.17. The van der Waals surface area contributed by atoms with Crippen molar-refractivity contribution in [1.29, 1.82) is 0 Å². The van der Waals surface area contributed by atoms with Gasteiger partial charge in [-0.05, 0) is 47.7 Å². The molecule has 0 unspecified atom stereocenters. The summed E-state index contributed by atoms with van der Waals surface area (Å²) in [5.41, 5.74) is 1.16. The smallest absolute Gasteiger partial charge is 0.231 e. The number of nitrogens with one attached hydrogen (secondary N) is 1. The number of nitrogens with zero attached hydrogens (tertiary/aromatic N) is 1. The van der Waals surface area contributed by atoms with Gasteiger partial charge in [0.25, 0.3) is 0 Å². The highest BCUT2D eigenvalue weighted by molar-refractivity contribution is 9.10. The maximum Gasteiger partial charge on any atom is 0.231 e. The zero-order valence-electron chi connectivity index (χ0n) is 11.9. The molecule has 0 aromatic heterocycles. The molecular formula is C14H21BrN2O3. The Morgan fingerprint density at radius 1 is 1.30 bits per heavy atom. The van der Waals surface area contributed by atoms with E-state index >= 15 is 0 Å². The van der Waals surface area contributed by atoms with Crippen LogP contribution in [0.25, 0.3) is 0 Å². The Balaban J connectivity index is 1.66. The normalized spacial score (nSPS) is 13.2. The number of likely N-dealkylation sites (N-methyl/N-ethyl adjacent to an activating group) is 1. The third kappa shape index (κ3) is 4.63.